The van der Waals surface area contributed by atoms with Crippen molar-refractivity contribution >= 4 is 39.5 Å². The molecule has 0 saturated heterocycles. The molecule has 0 aromatic heterocycles. The van der Waals surface area contributed by atoms with Crippen molar-refractivity contribution in [2.45, 2.75) is 31.7 Å². The third-order valence-electron chi connectivity index (χ3n) is 5.26. The van der Waals surface area contributed by atoms with E-state index in [-0.39, 0.29) is 16.8 Å². The van der Waals surface area contributed by atoms with Crippen LogP contribution >= 0.6 is 15.9 Å². The monoisotopic (exact) mass is 420 g/mol. The molecule has 1 aliphatic heterocycles. The van der Waals surface area contributed by atoms with Gasteiger partial charge in [-0.1, -0.05) is 22.9 Å². The molecular weight excluding hydrogens is 404 g/mol. The molecule has 2 N–H and O–H groups in total. The van der Waals surface area contributed by atoms with Crippen LogP contribution in [-0.2, 0) is 19.7 Å². The van der Waals surface area contributed by atoms with Crippen LogP contribution < -0.4 is 5.73 Å². The highest BCUT2D eigenvalue weighted by molar-refractivity contribution is 9.10. The first kappa shape index (κ1) is 18.3. The second-order valence-corrected chi connectivity index (χ2v) is 7.19. The van der Waals surface area contributed by atoms with Gasteiger partial charge in [-0.3, -0.25) is 14.5 Å². The largest absolute Gasteiger partial charge is 0.466 e. The average molecular weight is 421 g/mol. The summed E-state index contributed by atoms with van der Waals surface area (Å²) in [6.45, 7) is 3.32. The Morgan fingerprint density at radius 2 is 2.00 bits per heavy atom. The number of fused-ring (bicyclic) bond motifs is 3. The lowest BCUT2D eigenvalue weighted by Crippen LogP contribution is -2.58. The Labute approximate surface area is 158 Å². The maximum absolute atomic E-state index is 12.9. The van der Waals surface area contributed by atoms with Gasteiger partial charge in [-0.15, -0.1) is 0 Å². The molecule has 3 rings (SSSR count). The van der Waals surface area contributed by atoms with Crippen molar-refractivity contribution in [2.24, 2.45) is 5.73 Å². The Bertz CT molecular complexity index is 907. The van der Waals surface area contributed by atoms with Gasteiger partial charge < -0.3 is 10.5 Å². The van der Waals surface area contributed by atoms with E-state index >= 15 is 0 Å². The van der Waals surface area contributed by atoms with Gasteiger partial charge in [0.1, 0.15) is 6.04 Å². The number of nitrogens with two attached hydrogens (primary N) is 1. The van der Waals surface area contributed by atoms with E-state index in [0.717, 1.165) is 4.90 Å². The van der Waals surface area contributed by atoms with E-state index in [2.05, 4.69) is 15.9 Å². The van der Waals surface area contributed by atoms with E-state index in [1.165, 1.54) is 14.0 Å². The van der Waals surface area contributed by atoms with Crippen molar-refractivity contribution in [1.29, 1.82) is 0 Å². The molecule has 1 aromatic rings. The van der Waals surface area contributed by atoms with Crippen LogP contribution in [0.3, 0.4) is 0 Å². The topological polar surface area (TPSA) is 107 Å². The van der Waals surface area contributed by atoms with Gasteiger partial charge in [0, 0.05) is 15.7 Å². The van der Waals surface area contributed by atoms with Crippen molar-refractivity contribution in [3.63, 3.8) is 0 Å². The fourth-order valence-corrected chi connectivity index (χ4v) is 4.60. The van der Waals surface area contributed by atoms with Gasteiger partial charge in [-0.05, 0) is 37.1 Å². The van der Waals surface area contributed by atoms with E-state index in [4.69, 9.17) is 10.5 Å². The van der Waals surface area contributed by atoms with Gasteiger partial charge in [-0.2, -0.15) is 0 Å². The predicted octanol–water partition coefficient (Wildman–Crippen LogP) is 2.07. The van der Waals surface area contributed by atoms with Crippen LogP contribution in [0.1, 0.15) is 36.2 Å². The van der Waals surface area contributed by atoms with Gasteiger partial charge in [0.15, 0.2) is 0 Å². The van der Waals surface area contributed by atoms with Crippen LogP contribution in [0.2, 0.25) is 0 Å². The molecule has 0 fully saturated rings. The Kier molecular flexibility index (Phi) is 4.26. The normalized spacial score (nSPS) is 24.5. The minimum Gasteiger partial charge on any atom is -0.466 e. The second-order valence-electron chi connectivity index (χ2n) is 6.27. The number of urea groups is 1. The number of Topliss-reactive ketones (excluding diaryl/α,β-unsaturated/α-hetero) is 2. The van der Waals surface area contributed by atoms with Gasteiger partial charge >= 0.3 is 12.0 Å². The zero-order valence-corrected chi connectivity index (χ0v) is 16.0. The van der Waals surface area contributed by atoms with E-state index in [1.807, 2.05) is 0 Å². The first-order valence-corrected chi connectivity index (χ1v) is 8.78. The van der Waals surface area contributed by atoms with Crippen molar-refractivity contribution < 1.29 is 23.9 Å². The number of allylic oxidation sites excluding steroid dienone is 1. The number of rotatable bonds is 2. The van der Waals surface area contributed by atoms with E-state index in [9.17, 15) is 19.2 Å². The summed E-state index contributed by atoms with van der Waals surface area (Å²) in [5.41, 5.74) is 5.43. The van der Waals surface area contributed by atoms with E-state index in [1.54, 1.807) is 25.1 Å². The molecule has 136 valence electrons. The lowest BCUT2D eigenvalue weighted by Gasteiger charge is -2.41. The number of nitrogens with zero attached hydrogens (tertiary/aromatic N) is 1. The molecule has 1 heterocycles. The van der Waals surface area contributed by atoms with Crippen LogP contribution in [0.15, 0.2) is 33.9 Å². The number of carbonyl (C=O) groups excluding carboxylic acids is 4. The molecule has 0 saturated carbocycles. The lowest BCUT2D eigenvalue weighted by molar-refractivity contribution is -0.137. The van der Waals surface area contributed by atoms with Crippen LogP contribution in [0.5, 0.6) is 0 Å². The van der Waals surface area contributed by atoms with Gasteiger partial charge in [0.2, 0.25) is 11.6 Å². The molecule has 0 bridgehead atoms. The SMILES string of the molecule is CCC12C(C(=O)OC)=C(C)N(C(N)=O)C1C(=O)C(=O)c1ccc(Br)cc12. The zero-order chi connectivity index (χ0) is 19.4. The van der Waals surface area contributed by atoms with Gasteiger partial charge in [0.05, 0.1) is 18.1 Å². The lowest BCUT2D eigenvalue weighted by atomic mass is 9.61. The molecule has 2 aliphatic rings. The number of primary amides is 1. The number of hydrogen-bond donors (Lipinski definition) is 1. The molecule has 26 heavy (non-hydrogen) atoms. The highest BCUT2D eigenvalue weighted by atomic mass is 79.9. The van der Waals surface area contributed by atoms with Crippen molar-refractivity contribution in [3.8, 4) is 0 Å². The number of amides is 2. The average Bonchev–Trinajstić information content (AvgIpc) is 2.88. The summed E-state index contributed by atoms with van der Waals surface area (Å²) >= 11 is 3.38. The van der Waals surface area contributed by atoms with E-state index in [0.29, 0.717) is 16.5 Å². The van der Waals surface area contributed by atoms with Crippen LogP contribution in [0.4, 0.5) is 4.79 Å². The number of ether oxygens (including phenoxy) is 1. The molecule has 0 radical (unpaired) electrons. The van der Waals surface area contributed by atoms with E-state index < -0.39 is 35.0 Å². The smallest absolute Gasteiger partial charge is 0.336 e. The number of hydrogen-bond acceptors (Lipinski definition) is 5. The number of carbonyl (C=O) groups is 4. The van der Waals surface area contributed by atoms with Gasteiger partial charge in [0.25, 0.3) is 0 Å². The standard InChI is InChI=1S/C18H17BrN2O5/c1-4-18-11-7-9(19)5-6-10(11)13(22)14(23)15(18)21(17(20)25)8(2)12(18)16(24)26-3/h5-7,15H,4H2,1-3H3,(H2,20,25). The Balaban J connectivity index is 2.46. The summed E-state index contributed by atoms with van der Waals surface area (Å²) in [5, 5.41) is 0. The summed E-state index contributed by atoms with van der Waals surface area (Å²) < 4.78 is 5.62. The zero-order valence-electron chi connectivity index (χ0n) is 14.5. The third kappa shape index (κ3) is 2.11. The molecular formula is C18H17BrN2O5. The van der Waals surface area contributed by atoms with Crippen LogP contribution in [-0.4, -0.2) is 41.6 Å². The summed E-state index contributed by atoms with van der Waals surface area (Å²) in [5.74, 6) is -2.13. The first-order valence-electron chi connectivity index (χ1n) is 7.99. The molecule has 2 unspecified atom stereocenters. The number of benzene rings is 1. The van der Waals surface area contributed by atoms with Crippen LogP contribution in [0.25, 0.3) is 0 Å². The maximum Gasteiger partial charge on any atom is 0.336 e. The fourth-order valence-electron chi connectivity index (χ4n) is 4.24. The molecule has 8 heteroatoms. The van der Waals surface area contributed by atoms with Crippen molar-refractivity contribution in [1.82, 2.24) is 4.90 Å². The highest BCUT2D eigenvalue weighted by Crippen LogP contribution is 2.53. The Morgan fingerprint density at radius 1 is 1.35 bits per heavy atom. The minimum atomic E-state index is -1.20. The van der Waals surface area contributed by atoms with Gasteiger partial charge in [-0.25, -0.2) is 9.59 Å². The Hall–Kier alpha value is -2.48. The molecule has 7 nitrogen and oxygen atoms in total. The summed E-state index contributed by atoms with van der Waals surface area (Å²) in [6, 6.07) is 2.81. The number of ketones is 2. The number of esters is 1. The summed E-state index contributed by atoms with van der Waals surface area (Å²) in [7, 11) is 1.23. The maximum atomic E-state index is 12.9. The number of methoxy groups -OCH3 is 1. The molecule has 2 atom stereocenters. The minimum absolute atomic E-state index is 0.173. The molecule has 1 aromatic carbocycles. The molecule has 2 amide bonds. The summed E-state index contributed by atoms with van der Waals surface area (Å²) in [6.07, 6.45) is 0.297. The van der Waals surface area contributed by atoms with Crippen LogP contribution in [0, 0.1) is 0 Å². The Morgan fingerprint density at radius 3 is 2.54 bits per heavy atom. The molecule has 0 spiro atoms. The molecule has 1 aliphatic carbocycles. The quantitative estimate of drug-likeness (QED) is 0.581. The first-order chi connectivity index (χ1) is 12.2. The fraction of sp³-hybridized carbons (Fsp3) is 0.333. The van der Waals surface area contributed by atoms with Crippen molar-refractivity contribution in [2.75, 3.05) is 7.11 Å². The third-order valence-corrected chi connectivity index (χ3v) is 5.75. The summed E-state index contributed by atoms with van der Waals surface area (Å²) in [4.78, 5) is 51.4. The second kappa shape index (κ2) is 6.05. The predicted molar refractivity (Wildman–Crippen MR) is 95.4 cm³/mol. The van der Waals surface area contributed by atoms with Crippen molar-refractivity contribution in [3.05, 3.63) is 45.1 Å². The highest BCUT2D eigenvalue weighted by Gasteiger charge is 2.63. The number of halogens is 1.